The highest BCUT2D eigenvalue weighted by Crippen LogP contribution is 2.33. The normalized spacial score (nSPS) is 14.4. The highest BCUT2D eigenvalue weighted by molar-refractivity contribution is 7.91. The van der Waals surface area contributed by atoms with Crippen LogP contribution in [0.15, 0.2) is 82.7 Å². The summed E-state index contributed by atoms with van der Waals surface area (Å²) in [7, 11) is -3.95. The SMILES string of the molecule is CC(=O)c1ccccc1N1CCN(c2nc3c(S(=O)(=O)c4ccccc4)nnn3c3ccc(Cl)cc23)CC1. The summed E-state index contributed by atoms with van der Waals surface area (Å²) in [4.78, 5) is 21.4. The van der Waals surface area contributed by atoms with Crippen molar-refractivity contribution in [1.82, 2.24) is 19.8 Å². The Kier molecular flexibility index (Phi) is 6.00. The molecule has 1 fully saturated rings. The minimum absolute atomic E-state index is 0.0242. The van der Waals surface area contributed by atoms with Gasteiger partial charge in [0, 0.05) is 47.8 Å². The molecule has 1 aliphatic rings. The number of rotatable bonds is 5. The first kappa shape index (κ1) is 24.3. The van der Waals surface area contributed by atoms with Crippen LogP contribution in [0, 0.1) is 0 Å². The summed E-state index contributed by atoms with van der Waals surface area (Å²) in [5, 5.41) is 9.29. The van der Waals surface area contributed by atoms with Gasteiger partial charge < -0.3 is 9.80 Å². The standard InChI is InChI=1S/C27H23ClN6O3S/c1-18(35)21-9-5-6-10-23(21)32-13-15-33(16-14-32)25-22-17-19(28)11-12-24(22)34-26(29-25)27(30-31-34)38(36,37)20-7-3-2-4-8-20/h2-12,17H,13-16H2,1H3. The Morgan fingerprint density at radius 3 is 2.32 bits per heavy atom. The van der Waals surface area contributed by atoms with Gasteiger partial charge in [0.25, 0.3) is 0 Å². The van der Waals surface area contributed by atoms with Crippen LogP contribution in [-0.2, 0) is 9.84 Å². The maximum atomic E-state index is 13.4. The van der Waals surface area contributed by atoms with Crippen molar-refractivity contribution in [1.29, 1.82) is 0 Å². The van der Waals surface area contributed by atoms with Crippen molar-refractivity contribution < 1.29 is 13.2 Å². The Bertz CT molecular complexity index is 1800. The van der Waals surface area contributed by atoms with Gasteiger partial charge in [0.05, 0.1) is 10.4 Å². The molecular weight excluding hydrogens is 524 g/mol. The predicted molar refractivity (Wildman–Crippen MR) is 146 cm³/mol. The van der Waals surface area contributed by atoms with E-state index in [1.54, 1.807) is 37.3 Å². The molecule has 0 N–H and O–H groups in total. The first-order valence-corrected chi connectivity index (χ1v) is 14.0. The summed E-state index contributed by atoms with van der Waals surface area (Å²) in [6.07, 6.45) is 0. The lowest BCUT2D eigenvalue weighted by atomic mass is 10.1. The van der Waals surface area contributed by atoms with Crippen LogP contribution in [0.5, 0.6) is 0 Å². The van der Waals surface area contributed by atoms with Crippen molar-refractivity contribution >= 4 is 55.3 Å². The minimum Gasteiger partial charge on any atom is -0.367 e. The lowest BCUT2D eigenvalue weighted by molar-refractivity contribution is 0.101. The summed E-state index contributed by atoms with van der Waals surface area (Å²) in [5.74, 6) is 0.637. The van der Waals surface area contributed by atoms with Crippen LogP contribution in [0.1, 0.15) is 17.3 Å². The molecular formula is C27H23ClN6O3S. The van der Waals surface area contributed by atoms with Gasteiger partial charge in [-0.3, -0.25) is 4.79 Å². The fourth-order valence-electron chi connectivity index (χ4n) is 4.89. The third-order valence-corrected chi connectivity index (χ3v) is 8.67. The zero-order valence-electron chi connectivity index (χ0n) is 20.5. The number of sulfone groups is 1. The molecule has 0 spiro atoms. The van der Waals surface area contributed by atoms with Crippen molar-refractivity contribution in [2.24, 2.45) is 0 Å². The van der Waals surface area contributed by atoms with Crippen molar-refractivity contribution in [3.8, 4) is 0 Å². The summed E-state index contributed by atoms with van der Waals surface area (Å²) in [5.41, 5.74) is 2.41. The molecule has 5 aromatic rings. The molecule has 0 radical (unpaired) electrons. The molecule has 0 bridgehead atoms. The Morgan fingerprint density at radius 2 is 1.58 bits per heavy atom. The van der Waals surface area contributed by atoms with Gasteiger partial charge >= 0.3 is 0 Å². The quantitative estimate of drug-likeness (QED) is 0.301. The molecule has 0 amide bonds. The van der Waals surface area contributed by atoms with Crippen LogP contribution >= 0.6 is 11.6 Å². The molecule has 0 saturated carbocycles. The highest BCUT2D eigenvalue weighted by atomic mass is 35.5. The number of carbonyl (C=O) groups is 1. The molecule has 2 aromatic heterocycles. The number of piperazine rings is 1. The lowest BCUT2D eigenvalue weighted by Crippen LogP contribution is -2.47. The van der Waals surface area contributed by atoms with Crippen molar-refractivity contribution in [3.05, 3.63) is 83.4 Å². The van der Waals surface area contributed by atoms with Crippen LogP contribution in [0.4, 0.5) is 11.5 Å². The van der Waals surface area contributed by atoms with Crippen LogP contribution in [0.2, 0.25) is 5.02 Å². The molecule has 1 saturated heterocycles. The first-order chi connectivity index (χ1) is 18.3. The monoisotopic (exact) mass is 546 g/mol. The van der Waals surface area contributed by atoms with Crippen molar-refractivity contribution in [3.63, 3.8) is 0 Å². The van der Waals surface area contributed by atoms with Crippen molar-refractivity contribution in [2.75, 3.05) is 36.0 Å². The van der Waals surface area contributed by atoms with E-state index in [-0.39, 0.29) is 21.4 Å². The van der Waals surface area contributed by atoms with Crippen LogP contribution in [0.25, 0.3) is 16.6 Å². The number of hydrogen-bond donors (Lipinski definition) is 0. The Labute approximate surface area is 224 Å². The first-order valence-electron chi connectivity index (χ1n) is 12.1. The number of carbonyl (C=O) groups excluding carboxylic acids is 1. The second-order valence-electron chi connectivity index (χ2n) is 9.09. The minimum atomic E-state index is -3.95. The van der Waals surface area contributed by atoms with Gasteiger partial charge in [-0.05, 0) is 49.4 Å². The van der Waals surface area contributed by atoms with E-state index in [2.05, 4.69) is 20.1 Å². The fourth-order valence-corrected chi connectivity index (χ4v) is 6.31. The zero-order chi connectivity index (χ0) is 26.4. The van der Waals surface area contributed by atoms with E-state index in [9.17, 15) is 13.2 Å². The molecule has 11 heteroatoms. The van der Waals surface area contributed by atoms with Crippen LogP contribution < -0.4 is 9.80 Å². The van der Waals surface area contributed by atoms with Crippen molar-refractivity contribution in [2.45, 2.75) is 16.8 Å². The number of ketones is 1. The van der Waals surface area contributed by atoms with Crippen LogP contribution in [0.3, 0.4) is 0 Å². The van der Waals surface area contributed by atoms with E-state index >= 15 is 0 Å². The molecule has 3 heterocycles. The van der Waals surface area contributed by atoms with E-state index in [0.29, 0.717) is 48.1 Å². The number of aromatic nitrogens is 4. The molecule has 0 atom stereocenters. The molecule has 1 aliphatic heterocycles. The number of halogens is 1. The topological polar surface area (TPSA) is 101 Å². The van der Waals surface area contributed by atoms with E-state index in [4.69, 9.17) is 16.6 Å². The molecule has 192 valence electrons. The smallest absolute Gasteiger partial charge is 0.229 e. The fraction of sp³-hybridized carbons (Fsp3) is 0.185. The largest absolute Gasteiger partial charge is 0.367 e. The number of hydrogen-bond acceptors (Lipinski definition) is 8. The summed E-state index contributed by atoms with van der Waals surface area (Å²) < 4.78 is 28.3. The molecule has 3 aromatic carbocycles. The highest BCUT2D eigenvalue weighted by Gasteiger charge is 2.29. The second kappa shape index (κ2) is 9.38. The number of fused-ring (bicyclic) bond motifs is 3. The number of nitrogens with zero attached hydrogens (tertiary/aromatic N) is 6. The van der Waals surface area contributed by atoms with Gasteiger partial charge in [0.15, 0.2) is 11.4 Å². The number of benzene rings is 3. The average Bonchev–Trinajstić information content (AvgIpc) is 3.38. The molecule has 0 aliphatic carbocycles. The van der Waals surface area contributed by atoms with Gasteiger partial charge in [-0.1, -0.05) is 47.1 Å². The maximum Gasteiger partial charge on any atom is 0.229 e. The molecule has 9 nitrogen and oxygen atoms in total. The third-order valence-electron chi connectivity index (χ3n) is 6.77. The summed E-state index contributed by atoms with van der Waals surface area (Å²) in [6, 6.07) is 21.1. The number of para-hydroxylation sites is 1. The molecule has 0 unspecified atom stereocenters. The maximum absolute atomic E-state index is 13.4. The summed E-state index contributed by atoms with van der Waals surface area (Å²) in [6.45, 7) is 4.11. The van der Waals surface area contributed by atoms with Gasteiger partial charge in [-0.25, -0.2) is 13.4 Å². The van der Waals surface area contributed by atoms with Gasteiger partial charge in [-0.2, -0.15) is 4.52 Å². The molecule has 6 rings (SSSR count). The third kappa shape index (κ3) is 4.06. The van der Waals surface area contributed by atoms with Gasteiger partial charge in [0.2, 0.25) is 14.9 Å². The Morgan fingerprint density at radius 1 is 0.895 bits per heavy atom. The van der Waals surface area contributed by atoms with Crippen LogP contribution in [-0.4, -0.2) is 60.2 Å². The summed E-state index contributed by atoms with van der Waals surface area (Å²) >= 11 is 6.36. The zero-order valence-corrected chi connectivity index (χ0v) is 22.0. The van der Waals surface area contributed by atoms with E-state index < -0.39 is 9.84 Å². The lowest BCUT2D eigenvalue weighted by Gasteiger charge is -2.37. The Hall–Kier alpha value is -4.02. The van der Waals surface area contributed by atoms with E-state index in [1.807, 2.05) is 30.3 Å². The Balaban J connectivity index is 1.43. The van der Waals surface area contributed by atoms with E-state index in [1.165, 1.54) is 16.6 Å². The average molecular weight is 547 g/mol. The van der Waals surface area contributed by atoms with Gasteiger partial charge in [0.1, 0.15) is 5.82 Å². The second-order valence-corrected chi connectivity index (χ2v) is 11.4. The molecule has 38 heavy (non-hydrogen) atoms. The van der Waals surface area contributed by atoms with Gasteiger partial charge in [-0.15, -0.1) is 5.10 Å². The number of Topliss-reactive ketones (excluding diaryl/α,β-unsaturated/α-hetero) is 1. The van der Waals surface area contributed by atoms with E-state index in [0.717, 1.165) is 11.1 Å². The predicted octanol–water partition coefficient (Wildman–Crippen LogP) is 4.29. The number of anilines is 2.